The summed E-state index contributed by atoms with van der Waals surface area (Å²) in [6.07, 6.45) is 7.75. The number of piperidine rings is 2. The van der Waals surface area contributed by atoms with Crippen LogP contribution in [0.3, 0.4) is 0 Å². The number of hydrogen-bond donors (Lipinski definition) is 3. The van der Waals surface area contributed by atoms with E-state index in [9.17, 15) is 4.79 Å². The lowest BCUT2D eigenvalue weighted by molar-refractivity contribution is 0.104. The lowest BCUT2D eigenvalue weighted by Gasteiger charge is -2.39. The molecule has 0 atom stereocenters. The van der Waals surface area contributed by atoms with Crippen molar-refractivity contribution in [2.75, 3.05) is 31.5 Å². The fourth-order valence-corrected chi connectivity index (χ4v) is 5.80. The molecule has 0 saturated carbocycles. The number of para-hydroxylation sites is 1. The van der Waals surface area contributed by atoms with Crippen molar-refractivity contribution in [2.45, 2.75) is 37.8 Å². The number of hydrogen-bond acceptors (Lipinski definition) is 7. The fourth-order valence-electron chi connectivity index (χ4n) is 5.54. The van der Waals surface area contributed by atoms with Gasteiger partial charge in [0.1, 0.15) is 29.3 Å². The number of carbonyl (C=O) groups excluding carboxylic acids is 1. The molecular formula is C29H31ClN6O2. The summed E-state index contributed by atoms with van der Waals surface area (Å²) in [4.78, 5) is 28.3. The van der Waals surface area contributed by atoms with Gasteiger partial charge >= 0.3 is 0 Å². The number of aromatic nitrogens is 3. The van der Waals surface area contributed by atoms with Crippen LogP contribution >= 0.6 is 11.6 Å². The van der Waals surface area contributed by atoms with Gasteiger partial charge in [-0.1, -0.05) is 29.8 Å². The number of fused-ring (bicyclic) bond motifs is 1. The number of aromatic amines is 1. The highest BCUT2D eigenvalue weighted by Gasteiger charge is 2.27. The van der Waals surface area contributed by atoms with E-state index in [2.05, 4.69) is 30.5 Å². The van der Waals surface area contributed by atoms with E-state index < -0.39 is 0 Å². The van der Waals surface area contributed by atoms with E-state index in [1.807, 2.05) is 30.3 Å². The third-order valence-electron chi connectivity index (χ3n) is 7.57. The predicted molar refractivity (Wildman–Crippen MR) is 149 cm³/mol. The van der Waals surface area contributed by atoms with Crippen molar-refractivity contribution >= 4 is 34.2 Å². The van der Waals surface area contributed by atoms with E-state index in [-0.39, 0.29) is 5.78 Å². The summed E-state index contributed by atoms with van der Waals surface area (Å²) in [5.74, 6) is 1.76. The number of rotatable bonds is 7. The Morgan fingerprint density at radius 1 is 0.974 bits per heavy atom. The number of anilines is 1. The second-order valence-electron chi connectivity index (χ2n) is 9.97. The molecule has 0 aliphatic carbocycles. The number of ketones is 1. The minimum absolute atomic E-state index is 0.189. The fraction of sp³-hybridized carbons (Fsp3) is 0.345. The van der Waals surface area contributed by atoms with E-state index in [1.165, 1.54) is 19.2 Å². The third kappa shape index (κ3) is 5.25. The monoisotopic (exact) mass is 530 g/mol. The van der Waals surface area contributed by atoms with Crippen LogP contribution in [0.5, 0.6) is 11.5 Å². The molecule has 2 aliphatic heterocycles. The zero-order chi connectivity index (χ0) is 25.9. The van der Waals surface area contributed by atoms with Crippen LogP contribution < -0.4 is 15.4 Å². The van der Waals surface area contributed by atoms with Gasteiger partial charge in [-0.05, 0) is 63.0 Å². The summed E-state index contributed by atoms with van der Waals surface area (Å²) >= 11 is 6.57. The number of nitrogens with zero attached hydrogens (tertiary/aromatic N) is 3. The summed E-state index contributed by atoms with van der Waals surface area (Å²) in [7, 11) is 0. The maximum atomic E-state index is 13.6. The summed E-state index contributed by atoms with van der Waals surface area (Å²) in [5, 5.41) is 8.09. The van der Waals surface area contributed by atoms with Crippen molar-refractivity contribution in [3.05, 3.63) is 77.2 Å². The molecule has 2 fully saturated rings. The average Bonchev–Trinajstić information content (AvgIpc) is 3.40. The van der Waals surface area contributed by atoms with Gasteiger partial charge in [-0.15, -0.1) is 0 Å². The third-order valence-corrected chi connectivity index (χ3v) is 7.89. The molecule has 196 valence electrons. The highest BCUT2D eigenvalue weighted by Crippen LogP contribution is 2.32. The first kappa shape index (κ1) is 24.9. The molecule has 6 rings (SSSR count). The SMILES string of the molecule is O=C(c1ccc(Oc2ccccc2)cc1Cl)c1c[nH]c2ncnc(NC3CCN(C4CCNCC4)CC3)c12. The Bertz CT molecular complexity index is 1410. The zero-order valence-electron chi connectivity index (χ0n) is 21.1. The Hall–Kier alpha value is -3.46. The molecule has 4 heterocycles. The van der Waals surface area contributed by atoms with Gasteiger partial charge < -0.3 is 25.3 Å². The van der Waals surface area contributed by atoms with E-state index >= 15 is 0 Å². The van der Waals surface area contributed by atoms with E-state index in [0.29, 0.717) is 56.6 Å². The number of likely N-dealkylation sites (tertiary alicyclic amines) is 1. The summed E-state index contributed by atoms with van der Waals surface area (Å²) in [5.41, 5.74) is 1.52. The molecule has 3 N–H and O–H groups in total. The predicted octanol–water partition coefficient (Wildman–Crippen LogP) is 5.26. The van der Waals surface area contributed by atoms with Crippen molar-refractivity contribution in [1.29, 1.82) is 0 Å². The molecule has 2 aliphatic rings. The quantitative estimate of drug-likeness (QED) is 0.280. The summed E-state index contributed by atoms with van der Waals surface area (Å²) in [6, 6.07) is 15.6. The van der Waals surface area contributed by atoms with Crippen LogP contribution in [-0.2, 0) is 0 Å². The largest absolute Gasteiger partial charge is 0.457 e. The first-order valence-corrected chi connectivity index (χ1v) is 13.6. The molecule has 0 amide bonds. The standard InChI is InChI=1S/C29H31ClN6O2/c30-25-16-22(38-21-4-2-1-3-5-21)6-7-23(25)27(37)24-17-32-28-26(24)29(34-18-33-28)35-19-10-14-36(15-11-19)20-8-12-31-13-9-20/h1-7,16-20,31H,8-15H2,(H2,32,33,34,35). The molecular weight excluding hydrogens is 500 g/mol. The van der Waals surface area contributed by atoms with Gasteiger partial charge in [0.25, 0.3) is 0 Å². The number of carbonyl (C=O) groups is 1. The smallest absolute Gasteiger partial charge is 0.196 e. The van der Waals surface area contributed by atoms with Crippen molar-refractivity contribution in [2.24, 2.45) is 0 Å². The molecule has 8 nitrogen and oxygen atoms in total. The Balaban J connectivity index is 1.19. The van der Waals surface area contributed by atoms with Crippen molar-refractivity contribution in [1.82, 2.24) is 25.2 Å². The summed E-state index contributed by atoms with van der Waals surface area (Å²) in [6.45, 7) is 4.36. The Labute approximate surface area is 226 Å². The van der Waals surface area contributed by atoms with Crippen LogP contribution in [0.2, 0.25) is 5.02 Å². The molecule has 2 aromatic heterocycles. The van der Waals surface area contributed by atoms with Gasteiger partial charge in [-0.25, -0.2) is 9.97 Å². The first-order valence-electron chi connectivity index (χ1n) is 13.3. The number of halogens is 1. The van der Waals surface area contributed by atoms with Crippen LogP contribution in [0.4, 0.5) is 5.82 Å². The van der Waals surface area contributed by atoms with Crippen LogP contribution in [-0.4, -0.2) is 63.9 Å². The molecule has 0 bridgehead atoms. The van der Waals surface area contributed by atoms with Gasteiger partial charge in [0.15, 0.2) is 5.78 Å². The molecule has 38 heavy (non-hydrogen) atoms. The second-order valence-corrected chi connectivity index (χ2v) is 10.4. The Morgan fingerprint density at radius 2 is 1.76 bits per heavy atom. The minimum atomic E-state index is -0.189. The number of benzene rings is 2. The van der Waals surface area contributed by atoms with E-state index in [1.54, 1.807) is 24.4 Å². The van der Waals surface area contributed by atoms with Crippen molar-refractivity contribution in [3.8, 4) is 11.5 Å². The van der Waals surface area contributed by atoms with Crippen molar-refractivity contribution in [3.63, 3.8) is 0 Å². The van der Waals surface area contributed by atoms with Crippen LogP contribution in [0.25, 0.3) is 11.0 Å². The molecule has 9 heteroatoms. The van der Waals surface area contributed by atoms with Crippen LogP contribution in [0, 0.1) is 0 Å². The minimum Gasteiger partial charge on any atom is -0.457 e. The lowest BCUT2D eigenvalue weighted by atomic mass is 9.98. The average molecular weight is 531 g/mol. The van der Waals surface area contributed by atoms with Gasteiger partial charge in [0.05, 0.1) is 16.0 Å². The molecule has 4 aromatic rings. The topological polar surface area (TPSA) is 95.2 Å². The number of ether oxygens (including phenoxy) is 1. The van der Waals surface area contributed by atoms with Gasteiger partial charge in [-0.2, -0.15) is 0 Å². The van der Waals surface area contributed by atoms with Crippen molar-refractivity contribution < 1.29 is 9.53 Å². The van der Waals surface area contributed by atoms with E-state index in [0.717, 1.165) is 39.0 Å². The molecule has 0 unspecified atom stereocenters. The van der Waals surface area contributed by atoms with E-state index in [4.69, 9.17) is 16.3 Å². The normalized spacial score (nSPS) is 17.5. The maximum Gasteiger partial charge on any atom is 0.196 e. The Kier molecular flexibility index (Phi) is 7.27. The van der Waals surface area contributed by atoms with Crippen LogP contribution in [0.15, 0.2) is 61.1 Å². The van der Waals surface area contributed by atoms with Crippen LogP contribution in [0.1, 0.15) is 41.6 Å². The number of nitrogens with one attached hydrogen (secondary N) is 3. The summed E-state index contributed by atoms with van der Waals surface area (Å²) < 4.78 is 5.87. The number of H-pyrrole nitrogens is 1. The molecule has 2 aromatic carbocycles. The van der Waals surface area contributed by atoms with Gasteiger partial charge in [0, 0.05) is 43.0 Å². The highest BCUT2D eigenvalue weighted by molar-refractivity contribution is 6.35. The molecule has 0 spiro atoms. The Morgan fingerprint density at radius 3 is 2.53 bits per heavy atom. The second kappa shape index (κ2) is 11.1. The lowest BCUT2D eigenvalue weighted by Crippen LogP contribution is -2.48. The zero-order valence-corrected chi connectivity index (χ0v) is 21.9. The first-order chi connectivity index (χ1) is 18.7. The molecule has 0 radical (unpaired) electrons. The van der Waals surface area contributed by atoms with Gasteiger partial charge in [0.2, 0.25) is 0 Å². The highest BCUT2D eigenvalue weighted by atomic mass is 35.5. The molecule has 2 saturated heterocycles. The maximum absolute atomic E-state index is 13.6. The van der Waals surface area contributed by atoms with Gasteiger partial charge in [-0.3, -0.25) is 4.79 Å².